The van der Waals surface area contributed by atoms with Crippen molar-refractivity contribution in [3.63, 3.8) is 0 Å². The highest BCUT2D eigenvalue weighted by Crippen LogP contribution is 2.22. The van der Waals surface area contributed by atoms with Crippen LogP contribution < -0.4 is 20.7 Å². The first-order valence-corrected chi connectivity index (χ1v) is 9.67. The number of carbonyl (C=O) groups excluding carboxylic acids is 1. The fourth-order valence-electron chi connectivity index (χ4n) is 2.67. The maximum absolute atomic E-state index is 13.1. The highest BCUT2D eigenvalue weighted by Gasteiger charge is 2.05. The number of hydrogen-bond acceptors (Lipinski definition) is 3. The molecule has 1 amide bonds. The van der Waals surface area contributed by atoms with Gasteiger partial charge in [-0.15, -0.1) is 0 Å². The molecule has 3 N–H and O–H groups in total. The minimum absolute atomic E-state index is 0.146. The van der Waals surface area contributed by atoms with Gasteiger partial charge in [-0.25, -0.2) is 4.39 Å². The van der Waals surface area contributed by atoms with Crippen LogP contribution in [0.5, 0.6) is 5.75 Å². The first kappa shape index (κ1) is 22.5. The summed E-state index contributed by atoms with van der Waals surface area (Å²) < 4.78 is 18.3. The molecule has 0 spiro atoms. The first-order chi connectivity index (χ1) is 14.0. The average molecular weight is 421 g/mol. The molecule has 0 heterocycles. The van der Waals surface area contributed by atoms with Crippen LogP contribution in [0.25, 0.3) is 0 Å². The van der Waals surface area contributed by atoms with Crippen LogP contribution in [0, 0.1) is 5.82 Å². The van der Waals surface area contributed by atoms with Crippen LogP contribution in [0.4, 0.5) is 4.39 Å². The van der Waals surface area contributed by atoms with Crippen LogP contribution in [0.2, 0.25) is 5.02 Å². The van der Waals surface area contributed by atoms with E-state index in [4.69, 9.17) is 16.3 Å². The van der Waals surface area contributed by atoms with Crippen LogP contribution >= 0.6 is 11.6 Å². The molecule has 0 fully saturated rings. The summed E-state index contributed by atoms with van der Waals surface area (Å²) in [6, 6.07) is 11.6. The molecule has 2 aromatic carbocycles. The number of guanidine groups is 1. The molecule has 0 radical (unpaired) electrons. The normalized spacial score (nSPS) is 11.1. The maximum Gasteiger partial charge on any atom is 0.224 e. The van der Waals surface area contributed by atoms with Gasteiger partial charge in [0.15, 0.2) is 5.96 Å². The molecule has 0 unspecified atom stereocenters. The van der Waals surface area contributed by atoms with Gasteiger partial charge in [0.1, 0.15) is 11.6 Å². The Bertz CT molecular complexity index is 845. The third kappa shape index (κ3) is 7.99. The minimum Gasteiger partial charge on any atom is -0.497 e. The SMILES string of the molecule is CN=C(NCCNC(=O)Cc1cccc(F)c1)NCCc1ccc(OC)cc1Cl. The summed E-state index contributed by atoms with van der Waals surface area (Å²) >= 11 is 6.24. The van der Waals surface area contributed by atoms with Crippen molar-refractivity contribution in [3.05, 3.63) is 64.4 Å². The summed E-state index contributed by atoms with van der Waals surface area (Å²) in [6.07, 6.45) is 0.876. The van der Waals surface area contributed by atoms with Gasteiger partial charge in [0.05, 0.1) is 13.5 Å². The number of aliphatic imine (C=N–C) groups is 1. The van der Waals surface area contributed by atoms with Crippen molar-refractivity contribution in [1.29, 1.82) is 0 Å². The Hall–Kier alpha value is -2.80. The van der Waals surface area contributed by atoms with Crippen LogP contribution in [0.1, 0.15) is 11.1 Å². The molecule has 2 aromatic rings. The maximum atomic E-state index is 13.1. The van der Waals surface area contributed by atoms with Gasteiger partial charge in [0, 0.05) is 31.7 Å². The van der Waals surface area contributed by atoms with E-state index in [1.54, 1.807) is 32.4 Å². The Morgan fingerprint density at radius 2 is 1.86 bits per heavy atom. The lowest BCUT2D eigenvalue weighted by Crippen LogP contribution is -2.42. The number of methoxy groups -OCH3 is 1. The predicted molar refractivity (Wildman–Crippen MR) is 114 cm³/mol. The monoisotopic (exact) mass is 420 g/mol. The topological polar surface area (TPSA) is 74.8 Å². The molecule has 29 heavy (non-hydrogen) atoms. The molecule has 8 heteroatoms. The number of halogens is 2. The Kier molecular flexibility index (Phi) is 9.24. The van der Waals surface area contributed by atoms with Crippen molar-refractivity contribution in [2.45, 2.75) is 12.8 Å². The summed E-state index contributed by atoms with van der Waals surface area (Å²) in [7, 11) is 3.28. The second-order valence-electron chi connectivity index (χ2n) is 6.29. The smallest absolute Gasteiger partial charge is 0.224 e. The molecule has 0 atom stereocenters. The molecule has 0 bridgehead atoms. The average Bonchev–Trinajstić information content (AvgIpc) is 2.70. The first-order valence-electron chi connectivity index (χ1n) is 9.30. The van der Waals surface area contributed by atoms with Gasteiger partial charge >= 0.3 is 0 Å². The molecular weight excluding hydrogens is 395 g/mol. The fraction of sp³-hybridized carbons (Fsp3) is 0.333. The van der Waals surface area contributed by atoms with Gasteiger partial charge < -0.3 is 20.7 Å². The summed E-state index contributed by atoms with van der Waals surface area (Å²) in [5.74, 6) is 0.856. The molecule has 0 aliphatic rings. The van der Waals surface area contributed by atoms with Crippen LogP contribution in [-0.4, -0.2) is 45.7 Å². The summed E-state index contributed by atoms with van der Waals surface area (Å²) in [5, 5.41) is 9.79. The lowest BCUT2D eigenvalue weighted by atomic mass is 10.1. The summed E-state index contributed by atoms with van der Waals surface area (Å²) in [4.78, 5) is 16.1. The van der Waals surface area contributed by atoms with Crippen molar-refractivity contribution in [2.75, 3.05) is 33.8 Å². The number of nitrogens with one attached hydrogen (secondary N) is 3. The summed E-state index contributed by atoms with van der Waals surface area (Å²) in [5.41, 5.74) is 1.66. The molecule has 6 nitrogen and oxygen atoms in total. The van der Waals surface area contributed by atoms with E-state index >= 15 is 0 Å². The van der Waals surface area contributed by atoms with Gasteiger partial charge in [-0.2, -0.15) is 0 Å². The zero-order chi connectivity index (χ0) is 21.1. The molecule has 0 aromatic heterocycles. The van der Waals surface area contributed by atoms with E-state index in [0.717, 1.165) is 17.7 Å². The standard InChI is InChI=1S/C21H26ClFN4O2/c1-24-21(26-9-8-16-6-7-18(29-2)14-19(16)22)27-11-10-25-20(28)13-15-4-3-5-17(23)12-15/h3-7,12,14H,8-11,13H2,1-2H3,(H,25,28)(H2,24,26,27). The van der Waals surface area contributed by atoms with Crippen molar-refractivity contribution < 1.29 is 13.9 Å². The lowest BCUT2D eigenvalue weighted by Gasteiger charge is -2.13. The number of ether oxygens (including phenoxy) is 1. The molecule has 156 valence electrons. The van der Waals surface area contributed by atoms with Crippen LogP contribution in [0.15, 0.2) is 47.5 Å². The molecule has 2 rings (SSSR count). The number of benzene rings is 2. The number of amides is 1. The number of nitrogens with zero attached hydrogens (tertiary/aromatic N) is 1. The van der Waals surface area contributed by atoms with Crippen LogP contribution in [-0.2, 0) is 17.6 Å². The van der Waals surface area contributed by atoms with Crippen molar-refractivity contribution in [3.8, 4) is 5.75 Å². The van der Waals surface area contributed by atoms with E-state index in [1.165, 1.54) is 12.1 Å². The molecule has 0 aliphatic heterocycles. The Balaban J connectivity index is 1.65. The van der Waals surface area contributed by atoms with E-state index in [9.17, 15) is 9.18 Å². The second kappa shape index (κ2) is 11.9. The van der Waals surface area contributed by atoms with Crippen molar-refractivity contribution >= 4 is 23.5 Å². The highest BCUT2D eigenvalue weighted by molar-refractivity contribution is 6.31. The minimum atomic E-state index is -0.345. The van der Waals surface area contributed by atoms with Crippen molar-refractivity contribution in [1.82, 2.24) is 16.0 Å². The number of hydrogen-bond donors (Lipinski definition) is 3. The van der Waals surface area contributed by atoms with Gasteiger partial charge in [-0.1, -0.05) is 29.8 Å². The second-order valence-corrected chi connectivity index (χ2v) is 6.70. The van der Waals surface area contributed by atoms with Gasteiger partial charge in [0.2, 0.25) is 5.91 Å². The van der Waals surface area contributed by atoms with E-state index in [0.29, 0.717) is 36.2 Å². The third-order valence-electron chi connectivity index (χ3n) is 4.16. The van der Waals surface area contributed by atoms with Gasteiger partial charge in [0.25, 0.3) is 0 Å². The number of rotatable bonds is 9. The van der Waals surface area contributed by atoms with E-state index < -0.39 is 0 Å². The third-order valence-corrected chi connectivity index (χ3v) is 4.52. The zero-order valence-electron chi connectivity index (χ0n) is 16.6. The molecule has 0 saturated carbocycles. The Morgan fingerprint density at radius 1 is 1.10 bits per heavy atom. The van der Waals surface area contributed by atoms with Gasteiger partial charge in [-0.05, 0) is 41.8 Å². The van der Waals surface area contributed by atoms with Crippen molar-refractivity contribution in [2.24, 2.45) is 4.99 Å². The zero-order valence-corrected chi connectivity index (χ0v) is 17.4. The summed E-state index contributed by atoms with van der Waals surface area (Å²) in [6.45, 7) is 1.59. The lowest BCUT2D eigenvalue weighted by molar-refractivity contribution is -0.120. The largest absolute Gasteiger partial charge is 0.497 e. The Labute approximate surface area is 175 Å². The molecule has 0 saturated heterocycles. The molecular formula is C21H26ClFN4O2. The van der Waals surface area contributed by atoms with Crippen LogP contribution in [0.3, 0.4) is 0 Å². The van der Waals surface area contributed by atoms with E-state index in [2.05, 4.69) is 20.9 Å². The highest BCUT2D eigenvalue weighted by atomic mass is 35.5. The Morgan fingerprint density at radius 3 is 2.55 bits per heavy atom. The van der Waals surface area contributed by atoms with Gasteiger partial charge in [-0.3, -0.25) is 9.79 Å². The van der Waals surface area contributed by atoms with E-state index in [-0.39, 0.29) is 18.1 Å². The predicted octanol–water partition coefficient (Wildman–Crippen LogP) is 2.55. The fourth-order valence-corrected chi connectivity index (χ4v) is 2.94. The van der Waals surface area contributed by atoms with E-state index in [1.807, 2.05) is 12.1 Å². The molecule has 0 aliphatic carbocycles. The quantitative estimate of drug-likeness (QED) is 0.331. The number of carbonyl (C=O) groups is 1.